The van der Waals surface area contributed by atoms with Gasteiger partial charge in [0.1, 0.15) is 12.1 Å². The number of rotatable bonds is 1. The number of aromatic hydroxyl groups is 1. The summed E-state index contributed by atoms with van der Waals surface area (Å²) in [6.07, 6.45) is 1.22. The SMILES string of the molecule is COc1cc2c(cc1O)[C@@H]1Cc3cc4c(cc3[C@H](C2)[N+]1(C)[O-])OCO4. The molecule has 0 saturated heterocycles. The van der Waals surface area contributed by atoms with Crippen molar-refractivity contribution in [3.05, 3.63) is 51.7 Å². The van der Waals surface area contributed by atoms with Gasteiger partial charge in [-0.1, -0.05) is 0 Å². The maximum absolute atomic E-state index is 13.5. The van der Waals surface area contributed by atoms with Gasteiger partial charge in [-0.15, -0.1) is 0 Å². The molecule has 3 heterocycles. The van der Waals surface area contributed by atoms with E-state index in [9.17, 15) is 10.3 Å². The summed E-state index contributed by atoms with van der Waals surface area (Å²) in [5.74, 6) is 1.99. The van der Waals surface area contributed by atoms with Crippen LogP contribution in [0.25, 0.3) is 0 Å². The van der Waals surface area contributed by atoms with Gasteiger partial charge < -0.3 is 29.2 Å². The molecule has 0 saturated carbocycles. The van der Waals surface area contributed by atoms with E-state index in [0.29, 0.717) is 24.3 Å². The molecule has 5 rings (SSSR count). The van der Waals surface area contributed by atoms with E-state index < -0.39 is 0 Å². The zero-order valence-electron chi connectivity index (χ0n) is 14.1. The van der Waals surface area contributed by atoms with Crippen molar-refractivity contribution in [1.82, 2.24) is 0 Å². The zero-order valence-corrected chi connectivity index (χ0v) is 14.1. The van der Waals surface area contributed by atoms with Crippen molar-refractivity contribution < 1.29 is 24.0 Å². The molecule has 0 aromatic heterocycles. The highest BCUT2D eigenvalue weighted by Gasteiger charge is 2.47. The van der Waals surface area contributed by atoms with Crippen molar-refractivity contribution in [2.75, 3.05) is 21.0 Å². The van der Waals surface area contributed by atoms with Crippen LogP contribution in [0, 0.1) is 5.21 Å². The first-order chi connectivity index (χ1) is 12.0. The van der Waals surface area contributed by atoms with Crippen molar-refractivity contribution in [2.45, 2.75) is 24.9 Å². The molecule has 1 unspecified atom stereocenters. The maximum atomic E-state index is 13.5. The third-order valence-electron chi connectivity index (χ3n) is 5.86. The number of fused-ring (bicyclic) bond motifs is 7. The molecule has 6 heteroatoms. The molecule has 130 valence electrons. The van der Waals surface area contributed by atoms with Gasteiger partial charge in [-0.05, 0) is 35.4 Å². The molecule has 0 amide bonds. The van der Waals surface area contributed by atoms with E-state index >= 15 is 0 Å². The third kappa shape index (κ3) is 1.92. The molecule has 0 fully saturated rings. The number of hydrogen-bond donors (Lipinski definition) is 1. The first kappa shape index (κ1) is 14.9. The van der Waals surface area contributed by atoms with Gasteiger partial charge >= 0.3 is 0 Å². The molecule has 0 radical (unpaired) electrons. The van der Waals surface area contributed by atoms with Crippen LogP contribution in [0.1, 0.15) is 34.3 Å². The second-order valence-electron chi connectivity index (χ2n) is 7.13. The number of quaternary nitrogens is 1. The van der Waals surface area contributed by atoms with Crippen molar-refractivity contribution in [2.24, 2.45) is 0 Å². The first-order valence-electron chi connectivity index (χ1n) is 8.38. The number of ether oxygens (including phenoxy) is 3. The van der Waals surface area contributed by atoms with Crippen LogP contribution in [0.4, 0.5) is 0 Å². The number of benzene rings is 2. The molecule has 2 bridgehead atoms. The van der Waals surface area contributed by atoms with E-state index in [1.165, 1.54) is 7.11 Å². The second kappa shape index (κ2) is 4.80. The fourth-order valence-corrected chi connectivity index (χ4v) is 4.53. The zero-order chi connectivity index (χ0) is 17.3. The van der Waals surface area contributed by atoms with Crippen LogP contribution in [0.5, 0.6) is 23.0 Å². The Morgan fingerprint density at radius 3 is 2.32 bits per heavy atom. The Morgan fingerprint density at radius 1 is 1.04 bits per heavy atom. The smallest absolute Gasteiger partial charge is 0.231 e. The predicted molar refractivity (Wildman–Crippen MR) is 89.7 cm³/mol. The van der Waals surface area contributed by atoms with Crippen LogP contribution in [-0.2, 0) is 12.8 Å². The summed E-state index contributed by atoms with van der Waals surface area (Å²) in [5.41, 5.74) is 4.15. The quantitative estimate of drug-likeness (QED) is 0.638. The summed E-state index contributed by atoms with van der Waals surface area (Å²) in [6.45, 7) is 0.223. The standard InChI is InChI=1S/C19H19NO5/c1-20(22)14-4-11-6-18-19(25-9-24-18)8-13(11)15(20)3-10-5-17(23-2)16(21)7-12(10)14/h5-8,14-15,21H,3-4,9H2,1-2H3/t14-,15-,20?/m0/s1. The molecule has 0 aliphatic carbocycles. The Labute approximate surface area is 145 Å². The lowest BCUT2D eigenvalue weighted by molar-refractivity contribution is -0.927. The summed E-state index contributed by atoms with van der Waals surface area (Å²) in [6, 6.07) is 7.08. The van der Waals surface area contributed by atoms with Gasteiger partial charge in [-0.2, -0.15) is 0 Å². The molecule has 3 atom stereocenters. The van der Waals surface area contributed by atoms with Gasteiger partial charge in [0.25, 0.3) is 0 Å². The lowest BCUT2D eigenvalue weighted by atomic mass is 9.76. The van der Waals surface area contributed by atoms with Crippen molar-refractivity contribution in [3.63, 3.8) is 0 Å². The fourth-order valence-electron chi connectivity index (χ4n) is 4.53. The molecule has 6 nitrogen and oxygen atoms in total. The van der Waals surface area contributed by atoms with Gasteiger partial charge in [0.2, 0.25) is 6.79 Å². The highest BCUT2D eigenvalue weighted by Crippen LogP contribution is 2.54. The number of methoxy groups -OCH3 is 1. The average molecular weight is 341 g/mol. The van der Waals surface area contributed by atoms with E-state index in [-0.39, 0.29) is 29.3 Å². The number of hydrogen-bond acceptors (Lipinski definition) is 5. The van der Waals surface area contributed by atoms with Gasteiger partial charge in [0.05, 0.1) is 14.2 Å². The van der Waals surface area contributed by atoms with Crippen molar-refractivity contribution >= 4 is 0 Å². The number of hydroxylamine groups is 3. The summed E-state index contributed by atoms with van der Waals surface area (Å²) in [4.78, 5) is 0. The molecular weight excluding hydrogens is 322 g/mol. The maximum Gasteiger partial charge on any atom is 0.231 e. The minimum atomic E-state index is -0.370. The summed E-state index contributed by atoms with van der Waals surface area (Å²) >= 11 is 0. The molecule has 2 aromatic rings. The fraction of sp³-hybridized carbons (Fsp3) is 0.368. The molecule has 1 N–H and O–H groups in total. The monoisotopic (exact) mass is 341 g/mol. The van der Waals surface area contributed by atoms with Crippen LogP contribution in [0.15, 0.2) is 24.3 Å². The van der Waals surface area contributed by atoms with Gasteiger partial charge in [0.15, 0.2) is 23.0 Å². The molecule has 25 heavy (non-hydrogen) atoms. The third-order valence-corrected chi connectivity index (χ3v) is 5.86. The first-order valence-corrected chi connectivity index (χ1v) is 8.38. The molecule has 3 aliphatic heterocycles. The van der Waals surface area contributed by atoms with Gasteiger partial charge in [-0.25, -0.2) is 0 Å². The highest BCUT2D eigenvalue weighted by atomic mass is 16.7. The van der Waals surface area contributed by atoms with E-state index in [2.05, 4.69) is 0 Å². The van der Waals surface area contributed by atoms with Crippen molar-refractivity contribution in [3.8, 4) is 23.0 Å². The Bertz CT molecular complexity index is 892. The van der Waals surface area contributed by atoms with Crippen molar-refractivity contribution in [1.29, 1.82) is 0 Å². The van der Waals surface area contributed by atoms with E-state index in [4.69, 9.17) is 14.2 Å². The Kier molecular flexibility index (Phi) is 2.86. The molecule has 3 aliphatic rings. The van der Waals surface area contributed by atoms with Gasteiger partial charge in [0, 0.05) is 24.0 Å². The van der Waals surface area contributed by atoms with Gasteiger partial charge in [-0.3, -0.25) is 0 Å². The lowest BCUT2D eigenvalue weighted by Gasteiger charge is -2.57. The second-order valence-corrected chi connectivity index (χ2v) is 7.13. The minimum absolute atomic E-state index is 0.0798. The number of likely N-dealkylation sites (N-methyl/N-ethyl adjacent to an activating group) is 1. The summed E-state index contributed by atoms with van der Waals surface area (Å²) in [7, 11) is 3.27. The van der Waals surface area contributed by atoms with Crippen LogP contribution in [0.3, 0.4) is 0 Å². The minimum Gasteiger partial charge on any atom is -0.632 e. The van der Waals surface area contributed by atoms with Crippen LogP contribution < -0.4 is 14.2 Å². The Morgan fingerprint density at radius 2 is 1.64 bits per heavy atom. The largest absolute Gasteiger partial charge is 0.632 e. The lowest BCUT2D eigenvalue weighted by Crippen LogP contribution is -2.52. The Hall–Kier alpha value is -2.44. The molecule has 0 spiro atoms. The van der Waals surface area contributed by atoms with E-state index in [1.807, 2.05) is 18.2 Å². The predicted octanol–water partition coefficient (Wildman–Crippen LogP) is 2.97. The normalized spacial score (nSPS) is 28.3. The van der Waals surface area contributed by atoms with Crippen LogP contribution >= 0.6 is 0 Å². The summed E-state index contributed by atoms with van der Waals surface area (Å²) in [5, 5.41) is 23.7. The van der Waals surface area contributed by atoms with E-state index in [0.717, 1.165) is 28.0 Å². The Balaban J connectivity index is 1.69. The van der Waals surface area contributed by atoms with E-state index in [1.54, 1.807) is 13.1 Å². The molecular formula is C19H19NO5. The summed E-state index contributed by atoms with van der Waals surface area (Å²) < 4.78 is 15.9. The van der Waals surface area contributed by atoms with Crippen LogP contribution in [0.2, 0.25) is 0 Å². The molecule has 2 aromatic carbocycles. The highest BCUT2D eigenvalue weighted by molar-refractivity contribution is 5.54. The topological polar surface area (TPSA) is 71.0 Å². The van der Waals surface area contributed by atoms with Crippen LogP contribution in [-0.4, -0.2) is 30.7 Å². The number of nitrogens with zero attached hydrogens (tertiary/aromatic N) is 1. The average Bonchev–Trinajstić information content (AvgIpc) is 3.02. The number of phenols is 1. The number of phenolic OH excluding ortho intramolecular Hbond substituents is 1.